The summed E-state index contributed by atoms with van der Waals surface area (Å²) in [5.74, 6) is 0.394. The van der Waals surface area contributed by atoms with Crippen molar-refractivity contribution in [2.24, 2.45) is 5.92 Å². The summed E-state index contributed by atoms with van der Waals surface area (Å²) in [6.07, 6.45) is 2.62. The van der Waals surface area contributed by atoms with Crippen LogP contribution in [0.2, 0.25) is 10.0 Å². The average molecular weight is 328 g/mol. The molecule has 1 aromatic heterocycles. The maximum Gasteiger partial charge on any atom is 0.232 e. The van der Waals surface area contributed by atoms with Crippen molar-refractivity contribution in [2.75, 3.05) is 0 Å². The van der Waals surface area contributed by atoms with Crippen LogP contribution in [-0.2, 0) is 13.0 Å². The second-order valence-electron chi connectivity index (χ2n) is 5.22. The van der Waals surface area contributed by atoms with E-state index in [9.17, 15) is 4.39 Å². The number of hydrogen-bond donors (Lipinski definition) is 0. The van der Waals surface area contributed by atoms with Crippen LogP contribution in [0.4, 0.5) is 4.39 Å². The molecule has 0 atom stereocenters. The van der Waals surface area contributed by atoms with Gasteiger partial charge in [0.2, 0.25) is 5.88 Å². The maximum absolute atomic E-state index is 13.6. The molecule has 5 heteroatoms. The van der Waals surface area contributed by atoms with E-state index in [0.29, 0.717) is 21.5 Å². The number of halogens is 3. The van der Waals surface area contributed by atoms with Gasteiger partial charge in [-0.1, -0.05) is 43.1 Å². The molecule has 2 nitrogen and oxygen atoms in total. The van der Waals surface area contributed by atoms with Crippen molar-refractivity contribution in [3.63, 3.8) is 0 Å². The minimum Gasteiger partial charge on any atom is -0.472 e. The number of ether oxygens (including phenoxy) is 1. The molecule has 0 unspecified atom stereocenters. The topological polar surface area (TPSA) is 22.1 Å². The lowest BCUT2D eigenvalue weighted by Gasteiger charge is -2.11. The van der Waals surface area contributed by atoms with Crippen molar-refractivity contribution in [1.82, 2.24) is 4.98 Å². The maximum atomic E-state index is 13.6. The van der Waals surface area contributed by atoms with Crippen LogP contribution in [0.15, 0.2) is 30.5 Å². The van der Waals surface area contributed by atoms with Gasteiger partial charge in [-0.05, 0) is 36.1 Å². The summed E-state index contributed by atoms with van der Waals surface area (Å²) in [4.78, 5) is 4.19. The Balaban J connectivity index is 2.10. The Bertz CT molecular complexity index is 611. The Labute approximate surface area is 133 Å². The van der Waals surface area contributed by atoms with Gasteiger partial charge >= 0.3 is 0 Å². The molecule has 0 bridgehead atoms. The largest absolute Gasteiger partial charge is 0.472 e. The summed E-state index contributed by atoms with van der Waals surface area (Å²) in [6.45, 7) is 4.23. The third-order valence-electron chi connectivity index (χ3n) is 2.92. The normalized spacial score (nSPS) is 11.0. The number of nitrogens with zero attached hydrogens (tertiary/aromatic N) is 1. The number of benzene rings is 1. The first-order valence-corrected chi connectivity index (χ1v) is 7.43. The molecule has 1 heterocycles. The molecule has 0 N–H and O–H groups in total. The van der Waals surface area contributed by atoms with Gasteiger partial charge in [-0.2, -0.15) is 0 Å². The Morgan fingerprint density at radius 3 is 2.62 bits per heavy atom. The van der Waals surface area contributed by atoms with Crippen LogP contribution in [0.3, 0.4) is 0 Å². The zero-order valence-electron chi connectivity index (χ0n) is 11.9. The molecular formula is C16H16Cl2FNO. The quantitative estimate of drug-likeness (QED) is 0.742. The van der Waals surface area contributed by atoms with Crippen LogP contribution >= 0.6 is 23.2 Å². The SMILES string of the molecule is CC(C)Cc1cnc(OCc2c(F)cccc2Cl)c(Cl)c1. The Hall–Kier alpha value is -1.32. The summed E-state index contributed by atoms with van der Waals surface area (Å²) >= 11 is 12.1. The van der Waals surface area contributed by atoms with Crippen LogP contribution < -0.4 is 4.74 Å². The van der Waals surface area contributed by atoms with Crippen molar-refractivity contribution < 1.29 is 9.13 Å². The predicted molar refractivity (Wildman–Crippen MR) is 83.5 cm³/mol. The minimum atomic E-state index is -0.407. The Kier molecular flexibility index (Phi) is 5.43. The van der Waals surface area contributed by atoms with E-state index >= 15 is 0 Å². The van der Waals surface area contributed by atoms with Crippen LogP contribution in [-0.4, -0.2) is 4.98 Å². The van der Waals surface area contributed by atoms with E-state index in [1.165, 1.54) is 6.07 Å². The van der Waals surface area contributed by atoms with E-state index in [1.54, 1.807) is 18.3 Å². The molecule has 0 amide bonds. The summed E-state index contributed by atoms with van der Waals surface area (Å²) in [5.41, 5.74) is 1.34. The van der Waals surface area contributed by atoms with Crippen LogP contribution in [0.25, 0.3) is 0 Å². The first kappa shape index (κ1) is 16.1. The number of rotatable bonds is 5. The van der Waals surface area contributed by atoms with E-state index in [4.69, 9.17) is 27.9 Å². The van der Waals surface area contributed by atoms with E-state index < -0.39 is 5.82 Å². The fourth-order valence-corrected chi connectivity index (χ4v) is 2.43. The zero-order chi connectivity index (χ0) is 15.4. The Morgan fingerprint density at radius 1 is 1.24 bits per heavy atom. The highest BCUT2D eigenvalue weighted by molar-refractivity contribution is 6.32. The lowest BCUT2D eigenvalue weighted by molar-refractivity contribution is 0.288. The molecule has 0 saturated carbocycles. The highest BCUT2D eigenvalue weighted by Crippen LogP contribution is 2.26. The summed E-state index contributed by atoms with van der Waals surface area (Å²) in [5, 5.41) is 0.739. The van der Waals surface area contributed by atoms with Gasteiger partial charge in [-0.15, -0.1) is 0 Å². The van der Waals surface area contributed by atoms with Gasteiger partial charge in [0.25, 0.3) is 0 Å². The highest BCUT2D eigenvalue weighted by Gasteiger charge is 2.11. The van der Waals surface area contributed by atoms with Crippen molar-refractivity contribution >= 4 is 23.2 Å². The Morgan fingerprint density at radius 2 is 2.00 bits per heavy atom. The smallest absolute Gasteiger partial charge is 0.232 e. The molecule has 2 aromatic rings. The van der Waals surface area contributed by atoms with Gasteiger partial charge in [0.05, 0.1) is 5.02 Å². The van der Waals surface area contributed by atoms with E-state index in [2.05, 4.69) is 18.8 Å². The molecule has 0 aliphatic heterocycles. The molecule has 21 heavy (non-hydrogen) atoms. The first-order valence-electron chi connectivity index (χ1n) is 6.67. The van der Waals surface area contributed by atoms with Crippen LogP contribution in [0.1, 0.15) is 25.0 Å². The first-order chi connectivity index (χ1) is 9.97. The van der Waals surface area contributed by atoms with Gasteiger partial charge in [0, 0.05) is 11.8 Å². The van der Waals surface area contributed by atoms with Crippen molar-refractivity contribution in [1.29, 1.82) is 0 Å². The summed E-state index contributed by atoms with van der Waals surface area (Å²) in [6, 6.07) is 6.33. The van der Waals surface area contributed by atoms with Crippen LogP contribution in [0.5, 0.6) is 5.88 Å². The molecule has 0 fully saturated rings. The lowest BCUT2D eigenvalue weighted by Crippen LogP contribution is -2.02. The zero-order valence-corrected chi connectivity index (χ0v) is 13.4. The molecule has 2 rings (SSSR count). The standard InChI is InChI=1S/C16H16Cl2FNO/c1-10(2)6-11-7-14(18)16(20-8-11)21-9-12-13(17)4-3-5-15(12)19/h3-5,7-8,10H,6,9H2,1-2H3. The van der Waals surface area contributed by atoms with E-state index in [-0.39, 0.29) is 12.5 Å². The molecule has 1 aromatic carbocycles. The molecular weight excluding hydrogens is 312 g/mol. The number of pyridine rings is 1. The fraction of sp³-hybridized carbons (Fsp3) is 0.312. The number of hydrogen-bond acceptors (Lipinski definition) is 2. The third kappa shape index (κ3) is 4.32. The highest BCUT2D eigenvalue weighted by atomic mass is 35.5. The average Bonchev–Trinajstić information content (AvgIpc) is 2.39. The van der Waals surface area contributed by atoms with E-state index in [1.807, 2.05) is 6.07 Å². The molecule has 0 spiro atoms. The predicted octanol–water partition coefficient (Wildman–Crippen LogP) is 5.31. The van der Waals surface area contributed by atoms with Gasteiger partial charge in [-0.25, -0.2) is 9.37 Å². The van der Waals surface area contributed by atoms with Crippen molar-refractivity contribution in [3.8, 4) is 5.88 Å². The molecule has 0 aliphatic carbocycles. The second kappa shape index (κ2) is 7.10. The second-order valence-corrected chi connectivity index (χ2v) is 6.03. The molecule has 0 aliphatic rings. The van der Waals surface area contributed by atoms with Gasteiger partial charge in [-0.3, -0.25) is 0 Å². The number of aromatic nitrogens is 1. The fourth-order valence-electron chi connectivity index (χ4n) is 1.96. The molecule has 112 valence electrons. The lowest BCUT2D eigenvalue weighted by atomic mass is 10.1. The third-order valence-corrected chi connectivity index (χ3v) is 3.55. The van der Waals surface area contributed by atoms with Gasteiger partial charge in [0.15, 0.2) is 0 Å². The summed E-state index contributed by atoms with van der Waals surface area (Å²) in [7, 11) is 0. The van der Waals surface area contributed by atoms with E-state index in [0.717, 1.165) is 12.0 Å². The van der Waals surface area contributed by atoms with Crippen molar-refractivity contribution in [3.05, 3.63) is 57.5 Å². The van der Waals surface area contributed by atoms with Gasteiger partial charge < -0.3 is 4.74 Å². The molecule has 0 radical (unpaired) electrons. The molecule has 0 saturated heterocycles. The minimum absolute atomic E-state index is 0.0121. The van der Waals surface area contributed by atoms with Crippen LogP contribution in [0, 0.1) is 11.7 Å². The summed E-state index contributed by atoms with van der Waals surface area (Å²) < 4.78 is 19.1. The van der Waals surface area contributed by atoms with Gasteiger partial charge in [0.1, 0.15) is 17.4 Å². The van der Waals surface area contributed by atoms with Crippen molar-refractivity contribution in [2.45, 2.75) is 26.9 Å². The monoisotopic (exact) mass is 327 g/mol.